The van der Waals surface area contributed by atoms with E-state index in [1.807, 2.05) is 42.3 Å². The average Bonchev–Trinajstić information content (AvgIpc) is 3.47. The number of carbonyl (C=O) groups excluding carboxylic acids is 1. The molecule has 0 bridgehead atoms. The maximum atomic E-state index is 13.3. The molecule has 1 saturated carbocycles. The number of nitrogens with zero attached hydrogens (tertiary/aromatic N) is 3. The molecule has 2 fully saturated rings. The number of benzene rings is 2. The van der Waals surface area contributed by atoms with Gasteiger partial charge in [-0.15, -0.1) is 0 Å². The highest BCUT2D eigenvalue weighted by molar-refractivity contribution is 6.41. The van der Waals surface area contributed by atoms with Crippen molar-refractivity contribution in [2.75, 3.05) is 25.2 Å². The van der Waals surface area contributed by atoms with Crippen molar-refractivity contribution in [1.82, 2.24) is 10.4 Å². The largest absolute Gasteiger partial charge is 0.497 e. The summed E-state index contributed by atoms with van der Waals surface area (Å²) >= 11 is 12.7. The normalized spacial score (nSPS) is 26.9. The number of anilines is 1. The Bertz CT molecular complexity index is 1060. The SMILES string of the molecule is COc1ccc([C@@H]2[C@H](C)C(C(=O)NN3CC4CCCC4C3)=NN2c2ccc(Cl)cc2Cl)cc1. The van der Waals surface area contributed by atoms with Crippen LogP contribution in [0.3, 0.4) is 0 Å². The van der Waals surface area contributed by atoms with Gasteiger partial charge in [0.05, 0.1) is 23.9 Å². The van der Waals surface area contributed by atoms with Crippen LogP contribution in [0, 0.1) is 17.8 Å². The summed E-state index contributed by atoms with van der Waals surface area (Å²) in [5.74, 6) is 1.88. The summed E-state index contributed by atoms with van der Waals surface area (Å²) in [5, 5.41) is 9.76. The van der Waals surface area contributed by atoms with Crippen LogP contribution in [0.4, 0.5) is 5.69 Å². The van der Waals surface area contributed by atoms with Gasteiger partial charge in [-0.2, -0.15) is 5.10 Å². The molecule has 6 nitrogen and oxygen atoms in total. The average molecular weight is 487 g/mol. The molecule has 4 atom stereocenters. The number of hydrogen-bond acceptors (Lipinski definition) is 5. The van der Waals surface area contributed by atoms with Gasteiger partial charge in [0.25, 0.3) is 5.91 Å². The molecule has 1 aliphatic carbocycles. The first-order valence-corrected chi connectivity index (χ1v) is 12.2. The second-order valence-corrected chi connectivity index (χ2v) is 10.1. The van der Waals surface area contributed by atoms with E-state index in [4.69, 9.17) is 33.0 Å². The van der Waals surface area contributed by atoms with Gasteiger partial charge in [-0.1, -0.05) is 48.7 Å². The van der Waals surface area contributed by atoms with Crippen LogP contribution in [0.15, 0.2) is 47.6 Å². The summed E-state index contributed by atoms with van der Waals surface area (Å²) in [6.07, 6.45) is 3.83. The molecule has 2 heterocycles. The molecule has 2 aromatic rings. The van der Waals surface area contributed by atoms with Crippen LogP contribution in [0.1, 0.15) is 37.8 Å². The standard InChI is InChI=1S/C25H28Cl2N4O2/c1-15-23(25(32)29-30-13-17-4-3-5-18(17)14-30)28-31(22-11-8-19(26)12-21(22)27)24(15)16-6-9-20(33-2)10-7-16/h6-12,15,17-18,24H,3-5,13-14H2,1-2H3,(H,29,32)/t15-,17?,18?,24+/m1/s1. The molecule has 1 saturated heterocycles. The lowest BCUT2D eigenvalue weighted by atomic mass is 9.91. The number of nitrogens with one attached hydrogen (secondary N) is 1. The van der Waals surface area contributed by atoms with Crippen molar-refractivity contribution in [2.45, 2.75) is 32.2 Å². The number of hydrogen-bond donors (Lipinski definition) is 1. The van der Waals surface area contributed by atoms with E-state index >= 15 is 0 Å². The van der Waals surface area contributed by atoms with Crippen molar-refractivity contribution in [3.8, 4) is 5.75 Å². The molecule has 5 rings (SSSR count). The van der Waals surface area contributed by atoms with Crippen LogP contribution < -0.4 is 15.2 Å². The van der Waals surface area contributed by atoms with Crippen molar-refractivity contribution < 1.29 is 9.53 Å². The van der Waals surface area contributed by atoms with Gasteiger partial charge in [0.15, 0.2) is 0 Å². The molecular weight excluding hydrogens is 459 g/mol. The van der Waals surface area contributed by atoms with Crippen molar-refractivity contribution in [1.29, 1.82) is 0 Å². The quantitative estimate of drug-likeness (QED) is 0.621. The molecule has 2 aliphatic heterocycles. The molecule has 3 aliphatic rings. The van der Waals surface area contributed by atoms with Gasteiger partial charge in [-0.05, 0) is 60.6 Å². The molecule has 2 unspecified atom stereocenters. The Morgan fingerprint density at radius 1 is 1.09 bits per heavy atom. The number of methoxy groups -OCH3 is 1. The van der Waals surface area contributed by atoms with E-state index in [0.29, 0.717) is 33.3 Å². The summed E-state index contributed by atoms with van der Waals surface area (Å²) in [6.45, 7) is 3.88. The highest BCUT2D eigenvalue weighted by atomic mass is 35.5. The van der Waals surface area contributed by atoms with E-state index < -0.39 is 0 Å². The molecule has 1 amide bonds. The number of ether oxygens (including phenoxy) is 1. The Morgan fingerprint density at radius 3 is 2.42 bits per heavy atom. The number of carbonyl (C=O) groups is 1. The van der Waals surface area contributed by atoms with Crippen LogP contribution >= 0.6 is 23.2 Å². The Morgan fingerprint density at radius 2 is 1.79 bits per heavy atom. The molecular formula is C25H28Cl2N4O2. The van der Waals surface area contributed by atoms with E-state index in [2.05, 4.69) is 10.4 Å². The predicted molar refractivity (Wildman–Crippen MR) is 132 cm³/mol. The van der Waals surface area contributed by atoms with Gasteiger partial charge in [0.2, 0.25) is 0 Å². The third-order valence-corrected chi connectivity index (χ3v) is 7.75. The summed E-state index contributed by atoms with van der Waals surface area (Å²) < 4.78 is 5.32. The van der Waals surface area contributed by atoms with Crippen LogP contribution in [-0.4, -0.2) is 36.8 Å². The van der Waals surface area contributed by atoms with Gasteiger partial charge >= 0.3 is 0 Å². The summed E-state index contributed by atoms with van der Waals surface area (Å²) in [7, 11) is 1.64. The Kier molecular flexibility index (Phi) is 6.25. The number of rotatable bonds is 5. The first-order valence-electron chi connectivity index (χ1n) is 11.5. The van der Waals surface area contributed by atoms with E-state index in [0.717, 1.165) is 24.4 Å². The maximum Gasteiger partial charge on any atom is 0.282 e. The summed E-state index contributed by atoms with van der Waals surface area (Å²) in [5.41, 5.74) is 5.37. The number of hydrazine groups is 1. The van der Waals surface area contributed by atoms with Gasteiger partial charge in [0, 0.05) is 24.0 Å². The predicted octanol–water partition coefficient (Wildman–Crippen LogP) is 5.32. The fourth-order valence-electron chi connectivity index (χ4n) is 5.51. The molecule has 0 radical (unpaired) electrons. The second kappa shape index (κ2) is 9.16. The fourth-order valence-corrected chi connectivity index (χ4v) is 6.01. The van der Waals surface area contributed by atoms with Crippen molar-refractivity contribution in [2.24, 2.45) is 22.9 Å². The van der Waals surface area contributed by atoms with E-state index in [1.165, 1.54) is 19.3 Å². The van der Waals surface area contributed by atoms with Gasteiger partial charge in [-0.3, -0.25) is 15.2 Å². The lowest BCUT2D eigenvalue weighted by molar-refractivity contribution is -0.119. The van der Waals surface area contributed by atoms with E-state index in [1.54, 1.807) is 19.2 Å². The number of halogens is 2. The van der Waals surface area contributed by atoms with Gasteiger partial charge in [-0.25, -0.2) is 5.01 Å². The van der Waals surface area contributed by atoms with Gasteiger partial charge in [0.1, 0.15) is 11.5 Å². The Labute approximate surface area is 204 Å². The minimum Gasteiger partial charge on any atom is -0.497 e. The smallest absolute Gasteiger partial charge is 0.282 e. The zero-order valence-corrected chi connectivity index (χ0v) is 20.3. The lowest BCUT2D eigenvalue weighted by Crippen LogP contribution is -2.45. The van der Waals surface area contributed by atoms with Crippen molar-refractivity contribution in [3.63, 3.8) is 0 Å². The first-order chi connectivity index (χ1) is 15.9. The number of amides is 1. The Balaban J connectivity index is 1.44. The lowest BCUT2D eigenvalue weighted by Gasteiger charge is -2.27. The van der Waals surface area contributed by atoms with Gasteiger partial charge < -0.3 is 4.74 Å². The zero-order chi connectivity index (χ0) is 23.1. The van der Waals surface area contributed by atoms with E-state index in [9.17, 15) is 4.79 Å². The Hall–Kier alpha value is -2.28. The van der Waals surface area contributed by atoms with E-state index in [-0.39, 0.29) is 17.9 Å². The van der Waals surface area contributed by atoms with Crippen LogP contribution in [0.2, 0.25) is 10.0 Å². The topological polar surface area (TPSA) is 57.2 Å². The molecule has 33 heavy (non-hydrogen) atoms. The summed E-state index contributed by atoms with van der Waals surface area (Å²) in [6, 6.07) is 13.0. The maximum absolute atomic E-state index is 13.3. The molecule has 2 aromatic carbocycles. The highest BCUT2D eigenvalue weighted by Crippen LogP contribution is 2.43. The van der Waals surface area contributed by atoms with Crippen LogP contribution in [0.5, 0.6) is 5.75 Å². The molecule has 174 valence electrons. The molecule has 8 heteroatoms. The third-order valence-electron chi connectivity index (χ3n) is 7.22. The fraction of sp³-hybridized carbons (Fsp3) is 0.440. The minimum atomic E-state index is -0.187. The summed E-state index contributed by atoms with van der Waals surface area (Å²) in [4.78, 5) is 13.3. The minimum absolute atomic E-state index is 0.145. The first kappa shape index (κ1) is 22.5. The second-order valence-electron chi connectivity index (χ2n) is 9.23. The van der Waals surface area contributed by atoms with Crippen LogP contribution in [-0.2, 0) is 4.79 Å². The van der Waals surface area contributed by atoms with Crippen molar-refractivity contribution in [3.05, 3.63) is 58.1 Å². The molecule has 1 N–H and O–H groups in total. The molecule has 0 aromatic heterocycles. The zero-order valence-electron chi connectivity index (χ0n) is 18.8. The highest BCUT2D eigenvalue weighted by Gasteiger charge is 2.42. The number of hydrazone groups is 1. The van der Waals surface area contributed by atoms with Crippen molar-refractivity contribution >= 4 is 40.5 Å². The van der Waals surface area contributed by atoms with Crippen LogP contribution in [0.25, 0.3) is 0 Å². The number of fused-ring (bicyclic) bond motifs is 1. The molecule has 0 spiro atoms. The monoisotopic (exact) mass is 486 g/mol. The third kappa shape index (κ3) is 4.32.